The van der Waals surface area contributed by atoms with Gasteiger partial charge in [0.05, 0.1) is 23.2 Å². The summed E-state index contributed by atoms with van der Waals surface area (Å²) in [5, 5.41) is 8.39. The van der Waals surface area contributed by atoms with Crippen LogP contribution in [0.15, 0.2) is 83.9 Å². The van der Waals surface area contributed by atoms with Crippen molar-refractivity contribution in [2.45, 2.75) is 6.92 Å². The molecule has 0 aliphatic carbocycles. The van der Waals surface area contributed by atoms with Crippen molar-refractivity contribution in [2.75, 3.05) is 50.1 Å². The topological polar surface area (TPSA) is 101 Å². The minimum absolute atomic E-state index is 0.310. The predicted octanol–water partition coefficient (Wildman–Crippen LogP) is 4.13. The lowest BCUT2D eigenvalue weighted by atomic mass is 10.1. The van der Waals surface area contributed by atoms with Crippen molar-refractivity contribution in [2.24, 2.45) is 0 Å². The number of hydrogen-bond acceptors (Lipinski definition) is 9. The second-order valence-corrected chi connectivity index (χ2v) is 9.61. The van der Waals surface area contributed by atoms with Crippen LogP contribution in [0.3, 0.4) is 0 Å². The molecule has 5 aromatic rings. The summed E-state index contributed by atoms with van der Waals surface area (Å²) in [5.41, 5.74) is 3.89. The van der Waals surface area contributed by atoms with E-state index < -0.39 is 0 Å². The zero-order valence-corrected chi connectivity index (χ0v) is 22.5. The molecule has 4 heterocycles. The minimum atomic E-state index is -0.310. The summed E-state index contributed by atoms with van der Waals surface area (Å²) >= 11 is 0. The predicted molar refractivity (Wildman–Crippen MR) is 157 cm³/mol. The molecule has 2 aromatic carbocycles. The van der Waals surface area contributed by atoms with Crippen LogP contribution >= 0.6 is 0 Å². The Labute approximate surface area is 231 Å². The smallest absolute Gasteiger partial charge is 0.282 e. The van der Waals surface area contributed by atoms with Crippen LogP contribution < -0.4 is 20.5 Å². The van der Waals surface area contributed by atoms with Gasteiger partial charge in [-0.1, -0.05) is 18.2 Å². The fraction of sp³-hybridized carbons (Fsp3) is 0.233. The molecule has 40 heavy (non-hydrogen) atoms. The molecule has 0 saturated carbocycles. The quantitative estimate of drug-likeness (QED) is 0.330. The highest BCUT2D eigenvalue weighted by Gasteiger charge is 2.20. The van der Waals surface area contributed by atoms with Gasteiger partial charge in [-0.2, -0.15) is 9.78 Å². The first-order valence-corrected chi connectivity index (χ1v) is 13.3. The first kappa shape index (κ1) is 25.4. The molecule has 1 aliphatic rings. The van der Waals surface area contributed by atoms with Crippen molar-refractivity contribution >= 4 is 28.2 Å². The van der Waals surface area contributed by atoms with E-state index in [1.807, 2.05) is 61.5 Å². The van der Waals surface area contributed by atoms with Gasteiger partial charge in [0, 0.05) is 49.9 Å². The maximum Gasteiger partial charge on any atom is 0.282 e. The lowest BCUT2D eigenvalue weighted by Gasteiger charge is -2.34. The van der Waals surface area contributed by atoms with Crippen LogP contribution in [0.2, 0.25) is 0 Å². The molecule has 0 atom stereocenters. The SMILES string of the molecule is CCOc1ncccc1-c1nn(-c2ccccc2)c(=O)c2cnc(Nc3ccc(N4CCN(C)CC4)cc3)nc12. The number of anilines is 3. The van der Waals surface area contributed by atoms with E-state index in [1.165, 1.54) is 10.4 Å². The van der Waals surface area contributed by atoms with Gasteiger partial charge in [-0.3, -0.25) is 4.79 Å². The number of benzene rings is 2. The Morgan fingerprint density at radius 2 is 1.68 bits per heavy atom. The molecule has 10 heteroatoms. The van der Waals surface area contributed by atoms with Gasteiger partial charge in [-0.15, -0.1) is 0 Å². The molecular formula is C30H30N8O2. The van der Waals surface area contributed by atoms with Crippen molar-refractivity contribution in [3.63, 3.8) is 0 Å². The van der Waals surface area contributed by atoms with Crippen molar-refractivity contribution < 1.29 is 4.74 Å². The standard InChI is InChI=1S/C30H30N8O2/c1-3-40-28-24(10-7-15-31-28)27-26-25(29(39)38(35-27)23-8-5-4-6-9-23)20-32-30(34-26)33-21-11-13-22(14-12-21)37-18-16-36(2)17-19-37/h4-15,20H,3,16-19H2,1-2H3,(H,32,33,34). The maximum atomic E-state index is 13.5. The molecule has 0 amide bonds. The fourth-order valence-corrected chi connectivity index (χ4v) is 4.78. The van der Waals surface area contributed by atoms with Gasteiger partial charge in [0.2, 0.25) is 11.8 Å². The Morgan fingerprint density at radius 3 is 2.42 bits per heavy atom. The molecule has 6 rings (SSSR count). The van der Waals surface area contributed by atoms with Gasteiger partial charge in [0.15, 0.2) is 0 Å². The number of rotatable bonds is 7. The Kier molecular flexibility index (Phi) is 7.07. The number of para-hydroxylation sites is 1. The van der Waals surface area contributed by atoms with Gasteiger partial charge in [-0.25, -0.2) is 15.0 Å². The lowest BCUT2D eigenvalue weighted by molar-refractivity contribution is 0.313. The summed E-state index contributed by atoms with van der Waals surface area (Å²) in [4.78, 5) is 31.9. The summed E-state index contributed by atoms with van der Waals surface area (Å²) in [5.74, 6) is 0.784. The Bertz CT molecular complexity index is 1680. The molecule has 0 spiro atoms. The molecule has 10 nitrogen and oxygen atoms in total. The highest BCUT2D eigenvalue weighted by atomic mass is 16.5. The van der Waals surface area contributed by atoms with Gasteiger partial charge < -0.3 is 19.9 Å². The number of pyridine rings is 1. The molecule has 1 aliphatic heterocycles. The van der Waals surface area contributed by atoms with E-state index in [4.69, 9.17) is 14.8 Å². The lowest BCUT2D eigenvalue weighted by Crippen LogP contribution is -2.44. The van der Waals surface area contributed by atoms with E-state index in [-0.39, 0.29) is 5.56 Å². The number of aromatic nitrogens is 5. The largest absolute Gasteiger partial charge is 0.477 e. The molecular weight excluding hydrogens is 504 g/mol. The molecule has 1 saturated heterocycles. The van der Waals surface area contributed by atoms with E-state index in [0.29, 0.717) is 46.3 Å². The van der Waals surface area contributed by atoms with Gasteiger partial charge in [0.25, 0.3) is 5.56 Å². The molecule has 0 bridgehead atoms. The summed E-state index contributed by atoms with van der Waals surface area (Å²) in [6.07, 6.45) is 3.21. The maximum absolute atomic E-state index is 13.5. The number of nitrogens with one attached hydrogen (secondary N) is 1. The zero-order valence-electron chi connectivity index (χ0n) is 22.5. The molecule has 202 valence electrons. The third-order valence-electron chi connectivity index (χ3n) is 6.94. The van der Waals surface area contributed by atoms with Crippen molar-refractivity contribution in [3.05, 3.63) is 89.5 Å². The normalized spacial score (nSPS) is 13.9. The third kappa shape index (κ3) is 5.08. The van der Waals surface area contributed by atoms with Crippen LogP contribution in [0.25, 0.3) is 27.8 Å². The van der Waals surface area contributed by atoms with Crippen molar-refractivity contribution in [3.8, 4) is 22.8 Å². The number of nitrogens with zero attached hydrogens (tertiary/aromatic N) is 7. The average Bonchev–Trinajstić information content (AvgIpc) is 2.99. The summed E-state index contributed by atoms with van der Waals surface area (Å²) in [7, 11) is 2.15. The minimum Gasteiger partial charge on any atom is -0.477 e. The van der Waals surface area contributed by atoms with E-state index in [1.54, 1.807) is 12.4 Å². The van der Waals surface area contributed by atoms with Crippen molar-refractivity contribution in [1.82, 2.24) is 29.6 Å². The first-order chi connectivity index (χ1) is 19.6. The highest BCUT2D eigenvalue weighted by Crippen LogP contribution is 2.31. The van der Waals surface area contributed by atoms with Crippen LogP contribution in [0.1, 0.15) is 6.92 Å². The van der Waals surface area contributed by atoms with Gasteiger partial charge in [0.1, 0.15) is 11.2 Å². The number of ether oxygens (including phenoxy) is 1. The second-order valence-electron chi connectivity index (χ2n) is 9.61. The molecule has 1 N–H and O–H groups in total. The summed E-state index contributed by atoms with van der Waals surface area (Å²) < 4.78 is 7.17. The monoisotopic (exact) mass is 534 g/mol. The summed E-state index contributed by atoms with van der Waals surface area (Å²) in [6, 6.07) is 21.2. The molecule has 3 aromatic heterocycles. The van der Waals surface area contributed by atoms with Crippen LogP contribution in [0.5, 0.6) is 5.88 Å². The van der Waals surface area contributed by atoms with Gasteiger partial charge in [-0.05, 0) is 62.5 Å². The highest BCUT2D eigenvalue weighted by molar-refractivity contribution is 5.92. The fourth-order valence-electron chi connectivity index (χ4n) is 4.78. The molecule has 1 fully saturated rings. The number of hydrogen-bond donors (Lipinski definition) is 1. The Hall–Kier alpha value is -4.83. The Balaban J connectivity index is 1.40. The Morgan fingerprint density at radius 1 is 0.900 bits per heavy atom. The number of fused-ring (bicyclic) bond motifs is 1. The summed E-state index contributed by atoms with van der Waals surface area (Å²) in [6.45, 7) is 6.45. The third-order valence-corrected chi connectivity index (χ3v) is 6.94. The van der Waals surface area contributed by atoms with E-state index in [9.17, 15) is 4.79 Å². The molecule has 0 radical (unpaired) electrons. The second kappa shape index (κ2) is 11.1. The van der Waals surface area contributed by atoms with E-state index >= 15 is 0 Å². The van der Waals surface area contributed by atoms with Crippen LogP contribution in [-0.4, -0.2) is 69.5 Å². The van der Waals surface area contributed by atoms with Crippen molar-refractivity contribution in [1.29, 1.82) is 0 Å². The average molecular weight is 535 g/mol. The van der Waals surface area contributed by atoms with Gasteiger partial charge >= 0.3 is 0 Å². The number of likely N-dealkylation sites (N-methyl/N-ethyl adjacent to an activating group) is 1. The van der Waals surface area contributed by atoms with Crippen LogP contribution in [-0.2, 0) is 0 Å². The van der Waals surface area contributed by atoms with Crippen LogP contribution in [0, 0.1) is 0 Å². The zero-order chi connectivity index (χ0) is 27.5. The molecule has 0 unspecified atom stereocenters. The van der Waals surface area contributed by atoms with Crippen LogP contribution in [0.4, 0.5) is 17.3 Å². The first-order valence-electron chi connectivity index (χ1n) is 13.3. The van der Waals surface area contributed by atoms with E-state index in [2.05, 4.69) is 44.3 Å². The van der Waals surface area contributed by atoms with E-state index in [0.717, 1.165) is 31.9 Å². The number of piperazine rings is 1.